The monoisotopic (exact) mass is 522 g/mol. The van der Waals surface area contributed by atoms with Gasteiger partial charge in [-0.2, -0.15) is 31.4 Å². The fourth-order valence-electron chi connectivity index (χ4n) is 2.70. The molecule has 14 heteroatoms. The quantitative estimate of drug-likeness (QED) is 0.166. The second-order valence-corrected chi connectivity index (χ2v) is 7.46. The largest absolute Gasteiger partial charge is 0.417 e. The third-order valence-electron chi connectivity index (χ3n) is 4.32. The normalized spacial score (nSPS) is 12.5. The van der Waals surface area contributed by atoms with Crippen molar-refractivity contribution in [3.05, 3.63) is 97.3 Å². The van der Waals surface area contributed by atoms with Gasteiger partial charge in [0.2, 0.25) is 0 Å². The van der Waals surface area contributed by atoms with Crippen LogP contribution in [0.2, 0.25) is 10.0 Å². The van der Waals surface area contributed by atoms with Crippen molar-refractivity contribution in [2.45, 2.75) is 12.4 Å². The molecule has 0 amide bonds. The van der Waals surface area contributed by atoms with Crippen molar-refractivity contribution < 1.29 is 31.3 Å². The zero-order valence-corrected chi connectivity index (χ0v) is 17.9. The van der Waals surface area contributed by atoms with Gasteiger partial charge >= 0.3 is 12.4 Å². The number of aromatic nitrogens is 1. The van der Waals surface area contributed by atoms with E-state index in [1.165, 1.54) is 24.3 Å². The maximum atomic E-state index is 13.0. The standard InChI is InChI=1S/C20H10Cl2F6N4O2/c21-13-4-1-10(2-5-13)17(18-14(22)7-12(9-29-18)20(26,27)28)31-30-15-6-3-11(19(23,24)25)8-16(15)32(33)34/h1-9,30H/b31-17+. The zero-order valence-electron chi connectivity index (χ0n) is 16.4. The van der Waals surface area contributed by atoms with Gasteiger partial charge < -0.3 is 0 Å². The maximum Gasteiger partial charge on any atom is 0.417 e. The van der Waals surface area contributed by atoms with Crippen LogP contribution in [0.3, 0.4) is 0 Å². The van der Waals surface area contributed by atoms with Crippen LogP contribution in [0.15, 0.2) is 59.8 Å². The van der Waals surface area contributed by atoms with E-state index < -0.39 is 44.8 Å². The highest BCUT2D eigenvalue weighted by Crippen LogP contribution is 2.35. The number of alkyl halides is 6. The molecule has 1 heterocycles. The minimum atomic E-state index is -4.82. The average Bonchev–Trinajstić information content (AvgIpc) is 2.74. The Morgan fingerprint density at radius 1 is 0.941 bits per heavy atom. The highest BCUT2D eigenvalue weighted by Gasteiger charge is 2.34. The van der Waals surface area contributed by atoms with Crippen molar-refractivity contribution in [2.24, 2.45) is 5.10 Å². The fourth-order valence-corrected chi connectivity index (χ4v) is 3.08. The van der Waals surface area contributed by atoms with Crippen molar-refractivity contribution in [3.8, 4) is 0 Å². The van der Waals surface area contributed by atoms with E-state index >= 15 is 0 Å². The summed E-state index contributed by atoms with van der Waals surface area (Å²) in [6.45, 7) is 0. The number of nitro groups is 1. The average molecular weight is 523 g/mol. The van der Waals surface area contributed by atoms with Gasteiger partial charge in [0.1, 0.15) is 17.1 Å². The molecule has 0 aliphatic rings. The minimum Gasteiger partial charge on any atom is -0.271 e. The second kappa shape index (κ2) is 9.47. The van der Waals surface area contributed by atoms with Gasteiger partial charge in [-0.3, -0.25) is 20.5 Å². The van der Waals surface area contributed by atoms with E-state index in [0.29, 0.717) is 29.4 Å². The summed E-state index contributed by atoms with van der Waals surface area (Å²) in [5.74, 6) is 0. The van der Waals surface area contributed by atoms with Crippen molar-refractivity contribution >= 4 is 40.3 Å². The van der Waals surface area contributed by atoms with E-state index in [1.54, 1.807) is 0 Å². The molecule has 0 saturated carbocycles. The summed E-state index contributed by atoms with van der Waals surface area (Å²) >= 11 is 11.9. The van der Waals surface area contributed by atoms with Crippen LogP contribution in [-0.2, 0) is 12.4 Å². The van der Waals surface area contributed by atoms with E-state index in [9.17, 15) is 36.5 Å². The Kier molecular flexibility index (Phi) is 7.03. The fraction of sp³-hybridized carbons (Fsp3) is 0.100. The van der Waals surface area contributed by atoms with Crippen LogP contribution in [0.25, 0.3) is 0 Å². The molecule has 178 valence electrons. The topological polar surface area (TPSA) is 80.4 Å². The van der Waals surface area contributed by atoms with Crippen LogP contribution in [0.5, 0.6) is 0 Å². The highest BCUT2D eigenvalue weighted by atomic mass is 35.5. The predicted octanol–water partition coefficient (Wildman–Crippen LogP) is 7.20. The van der Waals surface area contributed by atoms with Gasteiger partial charge in [-0.25, -0.2) is 0 Å². The molecule has 6 nitrogen and oxygen atoms in total. The summed E-state index contributed by atoms with van der Waals surface area (Å²) < 4.78 is 77.7. The molecule has 3 rings (SSSR count). The van der Waals surface area contributed by atoms with Crippen molar-refractivity contribution in [1.82, 2.24) is 4.98 Å². The summed E-state index contributed by atoms with van der Waals surface area (Å²) in [4.78, 5) is 14.0. The number of hydrazone groups is 1. The summed E-state index contributed by atoms with van der Waals surface area (Å²) in [6.07, 6.45) is -9.02. The molecule has 1 N–H and O–H groups in total. The van der Waals surface area contributed by atoms with Crippen molar-refractivity contribution in [1.29, 1.82) is 0 Å². The Bertz CT molecular complexity index is 1260. The number of anilines is 1. The van der Waals surface area contributed by atoms with E-state index in [2.05, 4.69) is 15.5 Å². The lowest BCUT2D eigenvalue weighted by Gasteiger charge is -2.13. The van der Waals surface area contributed by atoms with Crippen molar-refractivity contribution in [2.75, 3.05) is 5.43 Å². The number of hydrogen-bond acceptors (Lipinski definition) is 5. The van der Waals surface area contributed by atoms with Crippen LogP contribution in [0.1, 0.15) is 22.4 Å². The first-order valence-electron chi connectivity index (χ1n) is 8.96. The minimum absolute atomic E-state index is 0.149. The molecule has 0 bridgehead atoms. The van der Waals surface area contributed by atoms with E-state index in [4.69, 9.17) is 23.2 Å². The third-order valence-corrected chi connectivity index (χ3v) is 4.86. The first-order valence-corrected chi connectivity index (χ1v) is 9.71. The molecule has 3 aromatic rings. The Morgan fingerprint density at radius 3 is 2.09 bits per heavy atom. The van der Waals surface area contributed by atoms with Gasteiger partial charge in [-0.05, 0) is 30.3 Å². The number of nitrogens with one attached hydrogen (secondary N) is 1. The predicted molar refractivity (Wildman–Crippen MR) is 113 cm³/mol. The highest BCUT2D eigenvalue weighted by molar-refractivity contribution is 6.35. The molecule has 0 atom stereocenters. The molecule has 34 heavy (non-hydrogen) atoms. The molecule has 1 aromatic heterocycles. The smallest absolute Gasteiger partial charge is 0.271 e. The number of nitro benzene ring substituents is 1. The lowest BCUT2D eigenvalue weighted by atomic mass is 10.1. The van der Waals surface area contributed by atoms with Crippen molar-refractivity contribution in [3.63, 3.8) is 0 Å². The number of nitrogens with zero attached hydrogens (tertiary/aromatic N) is 3. The van der Waals surface area contributed by atoms with E-state index in [0.717, 1.165) is 6.07 Å². The van der Waals surface area contributed by atoms with Gasteiger partial charge in [0.05, 0.1) is 21.1 Å². The number of halogens is 8. The Hall–Kier alpha value is -3.38. The van der Waals surface area contributed by atoms with Crippen LogP contribution in [0.4, 0.5) is 37.7 Å². The lowest BCUT2D eigenvalue weighted by Crippen LogP contribution is -2.13. The van der Waals surface area contributed by atoms with Crippen LogP contribution >= 0.6 is 23.2 Å². The second-order valence-electron chi connectivity index (χ2n) is 6.62. The van der Waals surface area contributed by atoms with Gasteiger partial charge in [-0.1, -0.05) is 35.3 Å². The lowest BCUT2D eigenvalue weighted by molar-refractivity contribution is -0.384. The van der Waals surface area contributed by atoms with Crippen LogP contribution in [-0.4, -0.2) is 15.6 Å². The molecule has 0 fully saturated rings. The molecular formula is C20H10Cl2F6N4O2. The molecule has 0 aliphatic heterocycles. The number of benzene rings is 2. The van der Waals surface area contributed by atoms with Crippen LogP contribution < -0.4 is 5.43 Å². The molecule has 0 saturated heterocycles. The molecule has 2 aromatic carbocycles. The third kappa shape index (κ3) is 5.75. The molecule has 0 aliphatic carbocycles. The molecule has 0 unspecified atom stereocenters. The maximum absolute atomic E-state index is 13.0. The number of hydrogen-bond donors (Lipinski definition) is 1. The molecule has 0 radical (unpaired) electrons. The SMILES string of the molecule is O=[N+]([O-])c1cc(C(F)(F)F)ccc1N/N=C(\c1ccc(Cl)cc1)c1ncc(C(F)(F)F)cc1Cl. The van der Waals surface area contributed by atoms with Gasteiger partial charge in [0.25, 0.3) is 5.69 Å². The summed E-state index contributed by atoms with van der Waals surface area (Å²) in [5.41, 5.74) is -1.55. The van der Waals surface area contributed by atoms with E-state index in [-0.39, 0.29) is 17.0 Å². The Labute approximate surface area is 197 Å². The summed E-state index contributed by atoms with van der Waals surface area (Å²) in [5, 5.41) is 15.1. The number of rotatable bonds is 5. The van der Waals surface area contributed by atoms with Gasteiger partial charge in [0, 0.05) is 22.8 Å². The first-order chi connectivity index (χ1) is 15.8. The van der Waals surface area contributed by atoms with E-state index in [1.807, 2.05) is 0 Å². The van der Waals surface area contributed by atoms with Crippen LogP contribution in [0, 0.1) is 10.1 Å². The van der Waals surface area contributed by atoms with Gasteiger partial charge in [0.15, 0.2) is 0 Å². The Morgan fingerprint density at radius 2 is 1.56 bits per heavy atom. The molecular weight excluding hydrogens is 513 g/mol. The summed E-state index contributed by atoms with van der Waals surface area (Å²) in [6, 6.07) is 8.08. The summed E-state index contributed by atoms with van der Waals surface area (Å²) in [7, 11) is 0. The first kappa shape index (κ1) is 25.2. The zero-order chi connectivity index (χ0) is 25.3. The van der Waals surface area contributed by atoms with Gasteiger partial charge in [-0.15, -0.1) is 0 Å². The number of pyridine rings is 1. The Balaban J connectivity index is 2.11. The molecule has 0 spiro atoms.